The predicted octanol–water partition coefficient (Wildman–Crippen LogP) is 16.4. The lowest BCUT2D eigenvalue weighted by molar-refractivity contribution is -0.143. The van der Waals surface area contributed by atoms with Crippen molar-refractivity contribution in [1.82, 2.24) is 5.32 Å². The number of unbranched alkanes of at least 4 members (excludes halogenated alkanes) is 40. The maximum atomic E-state index is 12.5. The van der Waals surface area contributed by atoms with Crippen LogP contribution >= 0.6 is 0 Å². The van der Waals surface area contributed by atoms with Crippen LogP contribution < -0.4 is 5.32 Å². The van der Waals surface area contributed by atoms with Gasteiger partial charge in [-0.05, 0) is 25.7 Å². The average Bonchev–Trinajstić information content (AvgIpc) is 3.25. The average molecular weight is 850 g/mol. The SMILES string of the molecule is CCCCCCCCCCCCCCCCCCCCC(O)C(CO)NC(=O)CCCCCCCCCCCCCCOC(=O)CCCCCCCCCCCCCCC. The lowest BCUT2D eigenvalue weighted by Gasteiger charge is -2.22. The minimum atomic E-state index is -0.673. The van der Waals surface area contributed by atoms with Crippen molar-refractivity contribution in [3.63, 3.8) is 0 Å². The third-order valence-electron chi connectivity index (χ3n) is 12.9. The fraction of sp³-hybridized carbons (Fsp3) is 0.963. The molecular formula is C54H107NO5. The molecule has 0 radical (unpaired) electrons. The number of aliphatic hydroxyl groups excluding tert-OH is 2. The molecule has 60 heavy (non-hydrogen) atoms. The van der Waals surface area contributed by atoms with E-state index >= 15 is 0 Å². The van der Waals surface area contributed by atoms with Gasteiger partial charge in [-0.25, -0.2) is 0 Å². The van der Waals surface area contributed by atoms with Crippen molar-refractivity contribution in [2.45, 2.75) is 321 Å². The van der Waals surface area contributed by atoms with Crippen molar-refractivity contribution in [2.24, 2.45) is 0 Å². The molecule has 0 aromatic rings. The topological polar surface area (TPSA) is 95.9 Å². The third-order valence-corrected chi connectivity index (χ3v) is 12.9. The van der Waals surface area contributed by atoms with Gasteiger partial charge in [0.1, 0.15) is 0 Å². The quantitative estimate of drug-likeness (QED) is 0.0418. The minimum absolute atomic E-state index is 0.00665. The number of nitrogens with one attached hydrogen (secondary N) is 1. The zero-order chi connectivity index (χ0) is 43.7. The minimum Gasteiger partial charge on any atom is -0.466 e. The zero-order valence-electron chi connectivity index (χ0n) is 40.7. The van der Waals surface area contributed by atoms with E-state index in [2.05, 4.69) is 19.2 Å². The Morgan fingerprint density at radius 3 is 1.02 bits per heavy atom. The molecule has 2 atom stereocenters. The Kier molecular flexibility index (Phi) is 49.5. The number of aliphatic hydroxyl groups is 2. The first kappa shape index (κ1) is 58.9. The molecule has 2 unspecified atom stereocenters. The summed E-state index contributed by atoms with van der Waals surface area (Å²) in [6.45, 7) is 4.94. The summed E-state index contributed by atoms with van der Waals surface area (Å²) in [5, 5.41) is 23.3. The van der Waals surface area contributed by atoms with Crippen molar-refractivity contribution in [3.8, 4) is 0 Å². The molecule has 0 spiro atoms. The highest BCUT2D eigenvalue weighted by molar-refractivity contribution is 5.76. The van der Waals surface area contributed by atoms with Gasteiger partial charge in [-0.1, -0.05) is 271 Å². The van der Waals surface area contributed by atoms with E-state index in [1.54, 1.807) is 0 Å². The van der Waals surface area contributed by atoms with Crippen LogP contribution in [0.25, 0.3) is 0 Å². The van der Waals surface area contributed by atoms with Crippen molar-refractivity contribution in [1.29, 1.82) is 0 Å². The molecular weight excluding hydrogens is 743 g/mol. The van der Waals surface area contributed by atoms with Gasteiger partial charge < -0.3 is 20.3 Å². The molecule has 0 aliphatic heterocycles. The molecule has 358 valence electrons. The van der Waals surface area contributed by atoms with E-state index in [0.29, 0.717) is 25.9 Å². The van der Waals surface area contributed by atoms with Crippen molar-refractivity contribution in [3.05, 3.63) is 0 Å². The predicted molar refractivity (Wildman–Crippen MR) is 260 cm³/mol. The smallest absolute Gasteiger partial charge is 0.305 e. The number of amides is 1. The van der Waals surface area contributed by atoms with Crippen molar-refractivity contribution < 1.29 is 24.5 Å². The summed E-state index contributed by atoms with van der Waals surface area (Å²) in [7, 11) is 0. The van der Waals surface area contributed by atoms with Crippen LogP contribution in [0.5, 0.6) is 0 Å². The second-order valence-electron chi connectivity index (χ2n) is 18.9. The van der Waals surface area contributed by atoms with Gasteiger partial charge in [0, 0.05) is 12.8 Å². The van der Waals surface area contributed by atoms with Crippen LogP contribution in [0.3, 0.4) is 0 Å². The lowest BCUT2D eigenvalue weighted by Crippen LogP contribution is -2.45. The third kappa shape index (κ3) is 46.4. The number of carbonyl (C=O) groups is 2. The van der Waals surface area contributed by atoms with Crippen LogP contribution in [-0.2, 0) is 14.3 Å². The zero-order valence-corrected chi connectivity index (χ0v) is 40.7. The highest BCUT2D eigenvalue weighted by Crippen LogP contribution is 2.17. The monoisotopic (exact) mass is 850 g/mol. The number of hydrogen-bond acceptors (Lipinski definition) is 5. The second-order valence-corrected chi connectivity index (χ2v) is 18.9. The highest BCUT2D eigenvalue weighted by atomic mass is 16.5. The molecule has 3 N–H and O–H groups in total. The Morgan fingerprint density at radius 2 is 0.683 bits per heavy atom. The highest BCUT2D eigenvalue weighted by Gasteiger charge is 2.20. The van der Waals surface area contributed by atoms with Crippen LogP contribution in [0.15, 0.2) is 0 Å². The van der Waals surface area contributed by atoms with Crippen molar-refractivity contribution >= 4 is 11.9 Å². The first-order valence-corrected chi connectivity index (χ1v) is 27.3. The van der Waals surface area contributed by atoms with E-state index in [-0.39, 0.29) is 18.5 Å². The van der Waals surface area contributed by atoms with Crippen LogP contribution in [-0.4, -0.2) is 47.4 Å². The molecule has 0 bridgehead atoms. The Labute approximate surface area is 375 Å². The molecule has 6 nitrogen and oxygen atoms in total. The maximum absolute atomic E-state index is 12.5. The van der Waals surface area contributed by atoms with Gasteiger partial charge in [0.15, 0.2) is 0 Å². The molecule has 0 aromatic carbocycles. The van der Waals surface area contributed by atoms with Crippen LogP contribution in [0.2, 0.25) is 0 Å². The standard InChI is InChI=1S/C54H107NO5/c1-3-5-7-9-11-13-15-17-18-19-20-21-23-26-30-34-38-42-46-52(57)51(50-56)55-53(58)47-43-39-35-31-27-24-25-29-33-37-41-45-49-60-54(59)48-44-40-36-32-28-22-16-14-12-10-8-6-4-2/h51-52,56-57H,3-50H2,1-2H3,(H,55,58). The van der Waals surface area contributed by atoms with Gasteiger partial charge in [-0.2, -0.15) is 0 Å². The molecule has 0 rings (SSSR count). The Bertz CT molecular complexity index is 852. The number of ether oxygens (including phenoxy) is 1. The van der Waals surface area contributed by atoms with E-state index in [9.17, 15) is 19.8 Å². The normalized spacial score (nSPS) is 12.5. The first-order valence-electron chi connectivity index (χ1n) is 27.3. The molecule has 0 saturated heterocycles. The summed E-state index contributed by atoms with van der Waals surface area (Å²) in [5.74, 6) is -0.0538. The van der Waals surface area contributed by atoms with Gasteiger partial charge in [0.05, 0.1) is 25.4 Å². The van der Waals surface area contributed by atoms with Crippen LogP contribution in [0, 0.1) is 0 Å². The molecule has 1 amide bonds. The summed E-state index contributed by atoms with van der Waals surface area (Å²) in [6.07, 6.45) is 56.4. The molecule has 6 heteroatoms. The van der Waals surface area contributed by atoms with Crippen LogP contribution in [0.1, 0.15) is 309 Å². The summed E-state index contributed by atoms with van der Waals surface area (Å²) in [6, 6.07) is -0.551. The molecule has 0 fully saturated rings. The van der Waals surface area contributed by atoms with Gasteiger partial charge in [0.2, 0.25) is 5.91 Å². The van der Waals surface area contributed by atoms with Gasteiger partial charge in [-0.15, -0.1) is 0 Å². The maximum Gasteiger partial charge on any atom is 0.305 e. The molecule has 0 heterocycles. The largest absolute Gasteiger partial charge is 0.466 e. The molecule has 0 aromatic heterocycles. The number of carbonyl (C=O) groups excluding carboxylic acids is 2. The number of rotatable bonds is 51. The van der Waals surface area contributed by atoms with Crippen molar-refractivity contribution in [2.75, 3.05) is 13.2 Å². The Hall–Kier alpha value is -1.14. The molecule has 0 saturated carbocycles. The van der Waals surface area contributed by atoms with Gasteiger partial charge in [-0.3, -0.25) is 9.59 Å². The number of esters is 1. The summed E-state index contributed by atoms with van der Waals surface area (Å²) in [5.41, 5.74) is 0. The Morgan fingerprint density at radius 1 is 0.400 bits per heavy atom. The fourth-order valence-electron chi connectivity index (χ4n) is 8.70. The number of hydrogen-bond donors (Lipinski definition) is 3. The second kappa shape index (κ2) is 50.5. The van der Waals surface area contributed by atoms with E-state index in [1.807, 2.05) is 0 Å². The van der Waals surface area contributed by atoms with E-state index in [4.69, 9.17) is 4.74 Å². The van der Waals surface area contributed by atoms with E-state index < -0.39 is 12.1 Å². The summed E-state index contributed by atoms with van der Waals surface area (Å²) < 4.78 is 5.46. The lowest BCUT2D eigenvalue weighted by atomic mass is 10.0. The van der Waals surface area contributed by atoms with Crippen LogP contribution in [0.4, 0.5) is 0 Å². The first-order chi connectivity index (χ1) is 29.5. The van der Waals surface area contributed by atoms with E-state index in [0.717, 1.165) is 57.8 Å². The fourth-order valence-corrected chi connectivity index (χ4v) is 8.70. The summed E-state index contributed by atoms with van der Waals surface area (Å²) in [4.78, 5) is 24.5. The molecule has 0 aliphatic carbocycles. The molecule has 0 aliphatic rings. The summed E-state index contributed by atoms with van der Waals surface area (Å²) >= 11 is 0. The Balaban J connectivity index is 3.45. The van der Waals surface area contributed by atoms with Gasteiger partial charge >= 0.3 is 5.97 Å². The van der Waals surface area contributed by atoms with Gasteiger partial charge in [0.25, 0.3) is 0 Å². The van der Waals surface area contributed by atoms with E-state index in [1.165, 1.54) is 218 Å².